The summed E-state index contributed by atoms with van der Waals surface area (Å²) in [4.78, 5) is 0.555. The monoisotopic (exact) mass is 266 g/mol. The van der Waals surface area contributed by atoms with E-state index in [1.165, 1.54) is 17.8 Å². The van der Waals surface area contributed by atoms with Gasteiger partial charge in [0.15, 0.2) is 0 Å². The Bertz CT molecular complexity index is 515. The summed E-state index contributed by atoms with van der Waals surface area (Å²) in [5.41, 5.74) is 0.765. The Labute approximate surface area is 110 Å². The Morgan fingerprint density at radius 2 is 2.22 bits per heavy atom. The van der Waals surface area contributed by atoms with E-state index in [0.717, 1.165) is 12.1 Å². The molecule has 0 aliphatic carbocycles. The Morgan fingerprint density at radius 3 is 2.89 bits per heavy atom. The van der Waals surface area contributed by atoms with Gasteiger partial charge in [0, 0.05) is 29.0 Å². The highest BCUT2D eigenvalue weighted by Crippen LogP contribution is 2.26. The second-order valence-electron chi connectivity index (χ2n) is 3.89. The predicted octanol–water partition coefficient (Wildman–Crippen LogP) is 2.87. The molecule has 1 N–H and O–H groups in total. The molecule has 2 rings (SSSR count). The average molecular weight is 266 g/mol. The number of benzene rings is 1. The number of rotatable bonds is 5. The summed E-state index contributed by atoms with van der Waals surface area (Å²) in [6.45, 7) is 2.75. The van der Waals surface area contributed by atoms with Gasteiger partial charge in [0.05, 0.1) is 12.3 Å². The number of halogens is 1. The van der Waals surface area contributed by atoms with Crippen molar-refractivity contribution in [2.75, 3.05) is 5.75 Å². The summed E-state index contributed by atoms with van der Waals surface area (Å²) < 4.78 is 15.1. The Morgan fingerprint density at radius 1 is 1.44 bits per heavy atom. The Hall–Kier alpha value is -1.33. The van der Waals surface area contributed by atoms with E-state index in [1.807, 2.05) is 13.1 Å². The van der Waals surface area contributed by atoms with Crippen LogP contribution in [0, 0.1) is 5.82 Å². The van der Waals surface area contributed by atoms with Gasteiger partial charge < -0.3 is 5.11 Å². The van der Waals surface area contributed by atoms with Gasteiger partial charge >= 0.3 is 0 Å². The Kier molecular flexibility index (Phi) is 4.38. The van der Waals surface area contributed by atoms with Crippen molar-refractivity contribution in [1.29, 1.82) is 0 Å². The van der Waals surface area contributed by atoms with Crippen LogP contribution in [0.25, 0.3) is 0 Å². The zero-order valence-corrected chi connectivity index (χ0v) is 10.9. The molecule has 5 heteroatoms. The first kappa shape index (κ1) is 13.1. The SMILES string of the molecule is CCn1cc(C(O)CSc2ccccc2F)cn1. The van der Waals surface area contributed by atoms with E-state index in [1.54, 1.807) is 29.1 Å². The lowest BCUT2D eigenvalue weighted by molar-refractivity contribution is 0.204. The van der Waals surface area contributed by atoms with Crippen molar-refractivity contribution in [3.05, 3.63) is 48.0 Å². The van der Waals surface area contributed by atoms with Crippen LogP contribution in [0.5, 0.6) is 0 Å². The van der Waals surface area contributed by atoms with Crippen molar-refractivity contribution in [2.45, 2.75) is 24.5 Å². The molecule has 0 fully saturated rings. The number of aryl methyl sites for hydroxylation is 1. The summed E-state index contributed by atoms with van der Waals surface area (Å²) in [5.74, 6) is 0.162. The minimum atomic E-state index is -0.630. The molecule has 3 nitrogen and oxygen atoms in total. The van der Waals surface area contributed by atoms with Gasteiger partial charge in [-0.2, -0.15) is 5.10 Å². The third kappa shape index (κ3) is 3.11. The summed E-state index contributed by atoms with van der Waals surface area (Å²) >= 11 is 1.30. The quantitative estimate of drug-likeness (QED) is 0.846. The summed E-state index contributed by atoms with van der Waals surface area (Å²) in [6, 6.07) is 6.57. The number of hydrogen-bond acceptors (Lipinski definition) is 3. The van der Waals surface area contributed by atoms with Crippen molar-refractivity contribution in [3.8, 4) is 0 Å². The van der Waals surface area contributed by atoms with Crippen LogP contribution < -0.4 is 0 Å². The van der Waals surface area contributed by atoms with Crippen LogP contribution in [0.4, 0.5) is 4.39 Å². The molecule has 0 bridgehead atoms. The molecule has 96 valence electrons. The van der Waals surface area contributed by atoms with E-state index in [-0.39, 0.29) is 5.82 Å². The second kappa shape index (κ2) is 6.02. The van der Waals surface area contributed by atoms with Gasteiger partial charge in [-0.1, -0.05) is 12.1 Å². The number of aliphatic hydroxyl groups is 1. The molecule has 1 aromatic carbocycles. The van der Waals surface area contributed by atoms with Crippen molar-refractivity contribution < 1.29 is 9.50 Å². The highest BCUT2D eigenvalue weighted by Gasteiger charge is 2.11. The number of nitrogens with zero attached hydrogens (tertiary/aromatic N) is 2. The van der Waals surface area contributed by atoms with Gasteiger partial charge in [-0.3, -0.25) is 4.68 Å². The molecular formula is C13H15FN2OS. The first-order chi connectivity index (χ1) is 8.70. The van der Waals surface area contributed by atoms with Crippen molar-refractivity contribution in [2.24, 2.45) is 0 Å². The van der Waals surface area contributed by atoms with E-state index in [0.29, 0.717) is 10.6 Å². The maximum absolute atomic E-state index is 13.4. The van der Waals surface area contributed by atoms with Crippen LogP contribution in [0.15, 0.2) is 41.6 Å². The number of hydrogen-bond donors (Lipinski definition) is 1. The van der Waals surface area contributed by atoms with Crippen LogP contribution >= 0.6 is 11.8 Å². The molecule has 0 saturated carbocycles. The Balaban J connectivity index is 1.96. The van der Waals surface area contributed by atoms with E-state index in [4.69, 9.17) is 0 Å². The second-order valence-corrected chi connectivity index (χ2v) is 4.95. The maximum Gasteiger partial charge on any atom is 0.136 e. The van der Waals surface area contributed by atoms with Gasteiger partial charge in [-0.25, -0.2) is 4.39 Å². The lowest BCUT2D eigenvalue weighted by Gasteiger charge is -2.08. The fourth-order valence-electron chi connectivity index (χ4n) is 1.55. The highest BCUT2D eigenvalue weighted by molar-refractivity contribution is 7.99. The molecule has 1 aromatic heterocycles. The first-order valence-corrected chi connectivity index (χ1v) is 6.77. The average Bonchev–Trinajstić information content (AvgIpc) is 2.86. The largest absolute Gasteiger partial charge is 0.387 e. The lowest BCUT2D eigenvalue weighted by Crippen LogP contribution is -2.00. The summed E-state index contributed by atoms with van der Waals surface area (Å²) in [7, 11) is 0. The number of aromatic nitrogens is 2. The first-order valence-electron chi connectivity index (χ1n) is 5.78. The molecule has 0 spiro atoms. The molecule has 1 atom stereocenters. The zero-order chi connectivity index (χ0) is 13.0. The van der Waals surface area contributed by atoms with Crippen LogP contribution in [-0.4, -0.2) is 20.6 Å². The normalized spacial score (nSPS) is 12.6. The number of aliphatic hydroxyl groups excluding tert-OH is 1. The van der Waals surface area contributed by atoms with Gasteiger partial charge in [-0.05, 0) is 19.1 Å². The molecule has 1 heterocycles. The van der Waals surface area contributed by atoms with Crippen molar-refractivity contribution in [1.82, 2.24) is 9.78 Å². The smallest absolute Gasteiger partial charge is 0.136 e. The van der Waals surface area contributed by atoms with Crippen molar-refractivity contribution >= 4 is 11.8 Å². The topological polar surface area (TPSA) is 38.0 Å². The van der Waals surface area contributed by atoms with Gasteiger partial charge in [0.2, 0.25) is 0 Å². The lowest BCUT2D eigenvalue weighted by atomic mass is 10.2. The van der Waals surface area contributed by atoms with Crippen LogP contribution in [0.2, 0.25) is 0 Å². The van der Waals surface area contributed by atoms with E-state index in [2.05, 4.69) is 5.10 Å². The fraction of sp³-hybridized carbons (Fsp3) is 0.308. The van der Waals surface area contributed by atoms with E-state index < -0.39 is 6.10 Å². The molecular weight excluding hydrogens is 251 g/mol. The third-order valence-corrected chi connectivity index (χ3v) is 3.72. The molecule has 0 aliphatic heterocycles. The minimum absolute atomic E-state index is 0.251. The van der Waals surface area contributed by atoms with Crippen LogP contribution in [-0.2, 0) is 6.54 Å². The molecule has 0 aliphatic rings. The van der Waals surface area contributed by atoms with Gasteiger partial charge in [-0.15, -0.1) is 11.8 Å². The highest BCUT2D eigenvalue weighted by atomic mass is 32.2. The molecule has 0 radical (unpaired) electrons. The molecule has 0 saturated heterocycles. The van der Waals surface area contributed by atoms with Crippen LogP contribution in [0.3, 0.4) is 0 Å². The maximum atomic E-state index is 13.4. The molecule has 1 unspecified atom stereocenters. The molecule has 0 amide bonds. The third-order valence-electron chi connectivity index (χ3n) is 2.60. The van der Waals surface area contributed by atoms with Gasteiger partial charge in [0.1, 0.15) is 5.82 Å². The minimum Gasteiger partial charge on any atom is -0.387 e. The van der Waals surface area contributed by atoms with Gasteiger partial charge in [0.25, 0.3) is 0 Å². The van der Waals surface area contributed by atoms with E-state index >= 15 is 0 Å². The molecule has 18 heavy (non-hydrogen) atoms. The standard InChI is InChI=1S/C13H15FN2OS/c1-2-16-8-10(7-15-16)12(17)9-18-13-6-4-3-5-11(13)14/h3-8,12,17H,2,9H2,1H3. The van der Waals surface area contributed by atoms with E-state index in [9.17, 15) is 9.50 Å². The molecule has 2 aromatic rings. The van der Waals surface area contributed by atoms with Crippen molar-refractivity contribution in [3.63, 3.8) is 0 Å². The summed E-state index contributed by atoms with van der Waals surface area (Å²) in [5, 5.41) is 14.1. The zero-order valence-electron chi connectivity index (χ0n) is 10.1. The summed E-state index contributed by atoms with van der Waals surface area (Å²) in [6.07, 6.45) is 2.83. The van der Waals surface area contributed by atoms with Crippen LogP contribution in [0.1, 0.15) is 18.6 Å². The predicted molar refractivity (Wildman–Crippen MR) is 70.0 cm³/mol. The number of thioether (sulfide) groups is 1. The fourth-order valence-corrected chi connectivity index (χ4v) is 2.46.